The third-order valence-corrected chi connectivity index (χ3v) is 4.82. The van der Waals surface area contributed by atoms with Crippen molar-refractivity contribution in [1.82, 2.24) is 9.88 Å². The van der Waals surface area contributed by atoms with Crippen LogP contribution in [0.1, 0.15) is 11.8 Å². The van der Waals surface area contributed by atoms with Crippen LogP contribution in [0.15, 0.2) is 54.7 Å². The van der Waals surface area contributed by atoms with E-state index < -0.39 is 0 Å². The van der Waals surface area contributed by atoms with Crippen LogP contribution in [-0.4, -0.2) is 28.1 Å². The van der Waals surface area contributed by atoms with Crippen molar-refractivity contribution in [2.24, 2.45) is 0 Å². The number of halogens is 1. The molecule has 0 saturated carbocycles. The van der Waals surface area contributed by atoms with E-state index in [4.69, 9.17) is 28.6 Å². The van der Waals surface area contributed by atoms with Crippen LogP contribution in [0.4, 0.5) is 5.69 Å². The first-order chi connectivity index (χ1) is 11.7. The summed E-state index contributed by atoms with van der Waals surface area (Å²) in [4.78, 5) is 5.34. The van der Waals surface area contributed by atoms with Gasteiger partial charge in [-0.1, -0.05) is 41.9 Å². The van der Waals surface area contributed by atoms with Gasteiger partial charge in [0, 0.05) is 29.2 Å². The van der Waals surface area contributed by atoms with Gasteiger partial charge in [-0.3, -0.25) is 0 Å². The fourth-order valence-electron chi connectivity index (χ4n) is 2.98. The number of ether oxygens (including phenoxy) is 1. The van der Waals surface area contributed by atoms with Crippen molar-refractivity contribution in [3.63, 3.8) is 0 Å². The summed E-state index contributed by atoms with van der Waals surface area (Å²) in [5, 5.41) is 5.62. The molecule has 0 radical (unpaired) electrons. The smallest absolute Gasteiger partial charge is 0.175 e. The molecule has 24 heavy (non-hydrogen) atoms. The predicted octanol–water partition coefficient (Wildman–Crippen LogP) is 4.55. The quantitative estimate of drug-likeness (QED) is 0.660. The lowest BCUT2D eigenvalue weighted by atomic mass is 10.1. The molecule has 4 nitrogen and oxygen atoms in total. The molecule has 0 aliphatic carbocycles. The molecule has 1 atom stereocenters. The highest BCUT2D eigenvalue weighted by atomic mass is 35.5. The predicted molar refractivity (Wildman–Crippen MR) is 101 cm³/mol. The van der Waals surface area contributed by atoms with E-state index in [1.54, 1.807) is 0 Å². The van der Waals surface area contributed by atoms with Crippen molar-refractivity contribution < 1.29 is 4.74 Å². The summed E-state index contributed by atoms with van der Waals surface area (Å²) in [6, 6.07) is 15.7. The van der Waals surface area contributed by atoms with Gasteiger partial charge in [0.1, 0.15) is 0 Å². The fraction of sp³-hybridized carbons (Fsp3) is 0.167. The number of hydrogen-bond acceptors (Lipinski definition) is 2. The minimum absolute atomic E-state index is 0.205. The lowest BCUT2D eigenvalue weighted by Gasteiger charge is -2.26. The Kier molecular flexibility index (Phi) is 4.14. The number of aromatic amines is 1. The Balaban J connectivity index is 1.61. The maximum Gasteiger partial charge on any atom is 0.175 e. The van der Waals surface area contributed by atoms with Gasteiger partial charge in [0.2, 0.25) is 0 Å². The number of aromatic nitrogens is 1. The largest absolute Gasteiger partial charge is 0.361 e. The van der Waals surface area contributed by atoms with E-state index in [9.17, 15) is 0 Å². The molecule has 3 aromatic rings. The number of nitrogens with one attached hydrogen (secondary N) is 2. The number of hydrogen-bond donors (Lipinski definition) is 2. The second kappa shape index (κ2) is 6.43. The lowest BCUT2D eigenvalue weighted by molar-refractivity contribution is 0.0654. The Labute approximate surface area is 150 Å². The van der Waals surface area contributed by atoms with Gasteiger partial charge >= 0.3 is 0 Å². The summed E-state index contributed by atoms with van der Waals surface area (Å²) in [7, 11) is 0. The fourth-order valence-corrected chi connectivity index (χ4v) is 3.46. The third kappa shape index (κ3) is 2.75. The Bertz CT molecular complexity index is 895. The van der Waals surface area contributed by atoms with Gasteiger partial charge in [-0.05, 0) is 30.4 Å². The Morgan fingerprint density at radius 3 is 2.88 bits per heavy atom. The van der Waals surface area contributed by atoms with E-state index in [1.165, 1.54) is 0 Å². The first-order valence-electron chi connectivity index (χ1n) is 7.74. The average molecular weight is 358 g/mol. The van der Waals surface area contributed by atoms with Crippen molar-refractivity contribution in [3.8, 4) is 0 Å². The summed E-state index contributed by atoms with van der Waals surface area (Å²) >= 11 is 11.8. The molecule has 1 aliphatic heterocycles. The average Bonchev–Trinajstić information content (AvgIpc) is 3.23. The zero-order valence-electron chi connectivity index (χ0n) is 12.8. The summed E-state index contributed by atoms with van der Waals surface area (Å²) in [6.45, 7) is 1.37. The van der Waals surface area contributed by atoms with Gasteiger partial charge in [-0.15, -0.1) is 0 Å². The second-order valence-electron chi connectivity index (χ2n) is 5.62. The van der Waals surface area contributed by atoms with Gasteiger partial charge in [0.15, 0.2) is 11.3 Å². The molecule has 2 N–H and O–H groups in total. The number of thiocarbonyl (C=S) groups is 1. The molecule has 122 valence electrons. The van der Waals surface area contributed by atoms with Crippen LogP contribution in [0.3, 0.4) is 0 Å². The van der Waals surface area contributed by atoms with E-state index >= 15 is 0 Å². The van der Waals surface area contributed by atoms with Gasteiger partial charge in [0.25, 0.3) is 0 Å². The molecule has 2 heterocycles. The first kappa shape index (κ1) is 15.4. The van der Waals surface area contributed by atoms with Gasteiger partial charge in [0.05, 0.1) is 17.3 Å². The highest BCUT2D eigenvalue weighted by Crippen LogP contribution is 2.33. The minimum atomic E-state index is -0.205. The van der Waals surface area contributed by atoms with Gasteiger partial charge in [-0.2, -0.15) is 0 Å². The highest BCUT2D eigenvalue weighted by Gasteiger charge is 2.30. The molecule has 4 rings (SSSR count). The van der Waals surface area contributed by atoms with Crippen molar-refractivity contribution in [2.45, 2.75) is 6.23 Å². The van der Waals surface area contributed by atoms with Crippen LogP contribution >= 0.6 is 23.8 Å². The molecule has 0 bridgehead atoms. The van der Waals surface area contributed by atoms with Gasteiger partial charge in [-0.25, -0.2) is 0 Å². The topological polar surface area (TPSA) is 40.3 Å². The number of benzene rings is 2. The molecular weight excluding hydrogens is 342 g/mol. The maximum atomic E-state index is 6.21. The van der Waals surface area contributed by atoms with Crippen molar-refractivity contribution >= 4 is 45.5 Å². The summed E-state index contributed by atoms with van der Waals surface area (Å²) < 4.78 is 5.95. The van der Waals surface area contributed by atoms with Crippen LogP contribution in [-0.2, 0) is 4.74 Å². The lowest BCUT2D eigenvalue weighted by Crippen LogP contribution is -2.34. The molecule has 6 heteroatoms. The zero-order chi connectivity index (χ0) is 16.5. The molecule has 2 aromatic carbocycles. The van der Waals surface area contributed by atoms with Crippen LogP contribution in [0.25, 0.3) is 10.9 Å². The second-order valence-corrected chi connectivity index (χ2v) is 6.41. The zero-order valence-corrected chi connectivity index (χ0v) is 14.4. The van der Waals surface area contributed by atoms with Crippen LogP contribution in [0.5, 0.6) is 0 Å². The van der Waals surface area contributed by atoms with E-state index in [0.29, 0.717) is 16.7 Å². The van der Waals surface area contributed by atoms with E-state index in [-0.39, 0.29) is 6.23 Å². The molecule has 1 unspecified atom stereocenters. The molecular formula is C18H16ClN3OS. The van der Waals surface area contributed by atoms with Crippen LogP contribution in [0.2, 0.25) is 5.02 Å². The number of nitrogens with zero attached hydrogens (tertiary/aromatic N) is 1. The van der Waals surface area contributed by atoms with E-state index in [2.05, 4.69) is 22.4 Å². The number of para-hydroxylation sites is 2. The molecule has 0 spiro atoms. The summed E-state index contributed by atoms with van der Waals surface area (Å²) in [6.07, 6.45) is 1.79. The number of H-pyrrole nitrogens is 1. The van der Waals surface area contributed by atoms with Crippen molar-refractivity contribution in [1.29, 1.82) is 0 Å². The van der Waals surface area contributed by atoms with Crippen LogP contribution in [0, 0.1) is 0 Å². The molecule has 1 aromatic heterocycles. The Morgan fingerprint density at radius 1 is 1.21 bits per heavy atom. The SMILES string of the molecule is S=C(Nc1ccccc1Cl)N1CCOC1c1c[nH]c2ccccc12. The summed E-state index contributed by atoms with van der Waals surface area (Å²) in [5.74, 6) is 0. The standard InChI is InChI=1S/C18H16ClN3OS/c19-14-6-2-4-8-16(14)21-18(24)22-9-10-23-17(22)13-11-20-15-7-3-1-5-12(13)15/h1-8,11,17,20H,9-10H2,(H,21,24). The third-order valence-electron chi connectivity index (χ3n) is 4.15. The normalized spacial score (nSPS) is 17.4. The Morgan fingerprint density at radius 2 is 2.00 bits per heavy atom. The summed E-state index contributed by atoms with van der Waals surface area (Å²) in [5.41, 5.74) is 2.98. The van der Waals surface area contributed by atoms with Crippen molar-refractivity contribution in [3.05, 3.63) is 65.3 Å². The minimum Gasteiger partial charge on any atom is -0.361 e. The maximum absolute atomic E-state index is 6.21. The highest BCUT2D eigenvalue weighted by molar-refractivity contribution is 7.80. The molecule has 1 saturated heterocycles. The number of fused-ring (bicyclic) bond motifs is 1. The first-order valence-corrected chi connectivity index (χ1v) is 8.52. The number of anilines is 1. The molecule has 1 fully saturated rings. The van der Waals surface area contributed by atoms with Crippen molar-refractivity contribution in [2.75, 3.05) is 18.5 Å². The van der Waals surface area contributed by atoms with E-state index in [1.807, 2.05) is 47.5 Å². The monoisotopic (exact) mass is 357 g/mol. The molecule has 0 amide bonds. The molecule has 1 aliphatic rings. The number of rotatable bonds is 2. The van der Waals surface area contributed by atoms with Gasteiger partial charge < -0.3 is 19.9 Å². The van der Waals surface area contributed by atoms with Crippen LogP contribution < -0.4 is 5.32 Å². The van der Waals surface area contributed by atoms with E-state index in [0.717, 1.165) is 28.7 Å². The Hall–Kier alpha value is -2.08.